The van der Waals surface area contributed by atoms with Gasteiger partial charge in [0.1, 0.15) is 18.2 Å². The van der Waals surface area contributed by atoms with E-state index in [4.69, 9.17) is 4.74 Å². The summed E-state index contributed by atoms with van der Waals surface area (Å²) in [6.07, 6.45) is 0.325. The van der Waals surface area contributed by atoms with Crippen LogP contribution in [0.5, 0.6) is 0 Å². The number of rotatable bonds is 8. The number of nitrogens with zero attached hydrogens (tertiary/aromatic N) is 4. The molecule has 2 heterocycles. The third-order valence-corrected chi connectivity index (χ3v) is 7.04. The predicted molar refractivity (Wildman–Crippen MR) is 143 cm³/mol. The van der Waals surface area contributed by atoms with E-state index >= 15 is 0 Å². The number of ether oxygens (including phenoxy) is 1. The second kappa shape index (κ2) is 12.3. The Morgan fingerprint density at radius 1 is 0.897 bits per heavy atom. The van der Waals surface area contributed by atoms with E-state index in [2.05, 4.69) is 10.0 Å². The Hall–Kier alpha value is -3.95. The fourth-order valence-electron chi connectivity index (χ4n) is 4.91. The van der Waals surface area contributed by atoms with Crippen LogP contribution in [0.15, 0.2) is 84.0 Å². The van der Waals surface area contributed by atoms with Crippen LogP contribution >= 0.6 is 0 Å². The molecule has 0 aliphatic carbocycles. The van der Waals surface area contributed by atoms with Gasteiger partial charge in [-0.3, -0.25) is 14.5 Å². The molecule has 0 saturated carbocycles. The number of hydrazone groups is 1. The highest BCUT2D eigenvalue weighted by molar-refractivity contribution is 6.04. The lowest BCUT2D eigenvalue weighted by Gasteiger charge is -2.31. The molecule has 1 fully saturated rings. The van der Waals surface area contributed by atoms with Crippen molar-refractivity contribution in [1.82, 2.24) is 14.8 Å². The van der Waals surface area contributed by atoms with Gasteiger partial charge in [-0.15, -0.1) is 0 Å². The van der Waals surface area contributed by atoms with Gasteiger partial charge in [-0.05, 0) is 23.8 Å². The number of hydrogen-bond donors (Lipinski definition) is 0. The van der Waals surface area contributed by atoms with Gasteiger partial charge in [0.05, 0.1) is 30.5 Å². The quantitative estimate of drug-likeness (QED) is 0.438. The molecule has 202 valence electrons. The van der Waals surface area contributed by atoms with E-state index in [0.717, 1.165) is 5.56 Å². The predicted octanol–water partition coefficient (Wildman–Crippen LogP) is 4.12. The zero-order valence-corrected chi connectivity index (χ0v) is 21.5. The fourth-order valence-corrected chi connectivity index (χ4v) is 4.91. The van der Waals surface area contributed by atoms with Crippen molar-refractivity contribution in [2.24, 2.45) is 5.10 Å². The first-order valence-corrected chi connectivity index (χ1v) is 13.0. The largest absolute Gasteiger partial charge is 0.379 e. The Balaban J connectivity index is 1.42. The third-order valence-electron chi connectivity index (χ3n) is 7.04. The van der Waals surface area contributed by atoms with Crippen molar-refractivity contribution in [1.29, 1.82) is 0 Å². The van der Waals surface area contributed by atoms with Crippen LogP contribution in [-0.4, -0.2) is 78.3 Å². The van der Waals surface area contributed by atoms with Crippen LogP contribution in [0.25, 0.3) is 0 Å². The fraction of sp³-hybridized carbons (Fsp3) is 0.300. The molecule has 1 atom stereocenters. The standard InChI is InChI=1S/C30H30F2N4O3/c31-25-12-6-4-10-23(25)27-20-28(22-8-2-1-3-9-22)36(33-27)29(37)21-35(15-14-34-16-18-39-19-17-34)30(38)24-11-5-7-13-26(24)32/h1-13,28H,14-21H2. The molecule has 1 unspecified atom stereocenters. The van der Waals surface area contributed by atoms with E-state index in [-0.39, 0.29) is 18.7 Å². The van der Waals surface area contributed by atoms with Crippen LogP contribution in [-0.2, 0) is 9.53 Å². The van der Waals surface area contributed by atoms with Gasteiger partial charge in [0, 0.05) is 38.2 Å². The van der Waals surface area contributed by atoms with E-state index in [9.17, 15) is 18.4 Å². The number of halogens is 2. The van der Waals surface area contributed by atoms with Crippen molar-refractivity contribution in [2.45, 2.75) is 12.5 Å². The maximum absolute atomic E-state index is 14.6. The summed E-state index contributed by atoms with van der Waals surface area (Å²) in [7, 11) is 0. The molecule has 0 radical (unpaired) electrons. The third kappa shape index (κ3) is 6.21. The second-order valence-corrected chi connectivity index (χ2v) is 9.56. The van der Waals surface area contributed by atoms with E-state index in [0.29, 0.717) is 50.5 Å². The Morgan fingerprint density at radius 3 is 2.28 bits per heavy atom. The Morgan fingerprint density at radius 2 is 1.56 bits per heavy atom. The molecule has 1 saturated heterocycles. The lowest BCUT2D eigenvalue weighted by atomic mass is 9.98. The molecule has 3 aromatic carbocycles. The Bertz CT molecular complexity index is 1340. The normalized spacial score (nSPS) is 17.6. The van der Waals surface area contributed by atoms with Crippen LogP contribution < -0.4 is 0 Å². The average Bonchev–Trinajstić information content (AvgIpc) is 3.42. The summed E-state index contributed by atoms with van der Waals surface area (Å²) < 4.78 is 34.6. The minimum absolute atomic E-state index is 0.0937. The van der Waals surface area contributed by atoms with Crippen molar-refractivity contribution >= 4 is 17.5 Å². The Kier molecular flexibility index (Phi) is 8.39. The van der Waals surface area contributed by atoms with E-state index in [1.165, 1.54) is 34.2 Å². The lowest BCUT2D eigenvalue weighted by molar-refractivity contribution is -0.133. The summed E-state index contributed by atoms with van der Waals surface area (Å²) in [4.78, 5) is 30.7. The van der Waals surface area contributed by atoms with Crippen LogP contribution in [0.1, 0.15) is 33.9 Å². The van der Waals surface area contributed by atoms with Crippen LogP contribution in [0.4, 0.5) is 8.78 Å². The first kappa shape index (κ1) is 26.6. The molecular formula is C30H30F2N4O3. The highest BCUT2D eigenvalue weighted by atomic mass is 19.1. The van der Waals surface area contributed by atoms with Gasteiger partial charge in [-0.25, -0.2) is 13.8 Å². The average molecular weight is 533 g/mol. The number of carbonyl (C=O) groups is 2. The molecule has 0 bridgehead atoms. The summed E-state index contributed by atoms with van der Waals surface area (Å²) in [6.45, 7) is 3.08. The second-order valence-electron chi connectivity index (χ2n) is 9.56. The maximum Gasteiger partial charge on any atom is 0.262 e. The first-order valence-electron chi connectivity index (χ1n) is 13.0. The summed E-state index contributed by atoms with van der Waals surface area (Å²) in [5, 5.41) is 5.89. The minimum Gasteiger partial charge on any atom is -0.379 e. The van der Waals surface area contributed by atoms with Crippen molar-refractivity contribution in [3.63, 3.8) is 0 Å². The SMILES string of the molecule is O=C(c1ccccc1F)N(CCN1CCOCC1)CC(=O)N1N=C(c2ccccc2F)CC1c1ccccc1. The number of amides is 2. The van der Waals surface area contributed by atoms with Gasteiger partial charge in [0.2, 0.25) is 0 Å². The van der Waals surface area contributed by atoms with Gasteiger partial charge in [-0.2, -0.15) is 5.10 Å². The molecule has 2 aliphatic heterocycles. The molecule has 0 spiro atoms. The summed E-state index contributed by atoms with van der Waals surface area (Å²) in [5.74, 6) is -2.06. The van der Waals surface area contributed by atoms with Gasteiger partial charge in [-0.1, -0.05) is 60.7 Å². The first-order chi connectivity index (χ1) is 19.0. The molecule has 2 amide bonds. The zero-order chi connectivity index (χ0) is 27.2. The molecule has 5 rings (SSSR count). The lowest BCUT2D eigenvalue weighted by Crippen LogP contribution is -2.46. The van der Waals surface area contributed by atoms with Gasteiger partial charge >= 0.3 is 0 Å². The number of carbonyl (C=O) groups excluding carboxylic acids is 2. The van der Waals surface area contributed by atoms with E-state index in [1.54, 1.807) is 24.3 Å². The summed E-state index contributed by atoms with van der Waals surface area (Å²) in [5.41, 5.74) is 1.54. The molecular weight excluding hydrogens is 502 g/mol. The van der Waals surface area contributed by atoms with Crippen LogP contribution in [0.3, 0.4) is 0 Å². The molecule has 0 aromatic heterocycles. The number of hydrogen-bond acceptors (Lipinski definition) is 5. The van der Waals surface area contributed by atoms with Crippen molar-refractivity contribution in [3.8, 4) is 0 Å². The van der Waals surface area contributed by atoms with Crippen molar-refractivity contribution in [2.75, 3.05) is 45.9 Å². The topological polar surface area (TPSA) is 65.5 Å². The van der Waals surface area contributed by atoms with Gasteiger partial charge < -0.3 is 9.64 Å². The molecule has 0 N–H and O–H groups in total. The Labute approximate surface area is 226 Å². The molecule has 9 heteroatoms. The highest BCUT2D eigenvalue weighted by Gasteiger charge is 2.35. The van der Waals surface area contributed by atoms with Crippen molar-refractivity contribution < 1.29 is 23.1 Å². The van der Waals surface area contributed by atoms with Gasteiger partial charge in [0.25, 0.3) is 11.8 Å². The van der Waals surface area contributed by atoms with Gasteiger partial charge in [0.15, 0.2) is 0 Å². The zero-order valence-electron chi connectivity index (χ0n) is 21.5. The molecule has 39 heavy (non-hydrogen) atoms. The summed E-state index contributed by atoms with van der Waals surface area (Å²) in [6, 6.07) is 21.0. The number of morpholine rings is 1. The minimum atomic E-state index is -0.644. The smallest absolute Gasteiger partial charge is 0.262 e. The highest BCUT2D eigenvalue weighted by Crippen LogP contribution is 2.33. The van der Waals surface area contributed by atoms with Crippen LogP contribution in [0, 0.1) is 11.6 Å². The maximum atomic E-state index is 14.6. The summed E-state index contributed by atoms with van der Waals surface area (Å²) >= 11 is 0. The molecule has 2 aliphatic rings. The van der Waals surface area contributed by atoms with E-state index in [1.807, 2.05) is 30.3 Å². The number of benzene rings is 3. The molecule has 7 nitrogen and oxygen atoms in total. The molecule has 3 aromatic rings. The van der Waals surface area contributed by atoms with E-state index < -0.39 is 29.5 Å². The van der Waals surface area contributed by atoms with Crippen LogP contribution in [0.2, 0.25) is 0 Å². The van der Waals surface area contributed by atoms with Crippen molar-refractivity contribution in [3.05, 3.63) is 107 Å². The monoisotopic (exact) mass is 532 g/mol.